The highest BCUT2D eigenvalue weighted by molar-refractivity contribution is 6.30. The van der Waals surface area contributed by atoms with E-state index in [4.69, 9.17) is 17.3 Å². The zero-order valence-electron chi connectivity index (χ0n) is 11.5. The summed E-state index contributed by atoms with van der Waals surface area (Å²) in [7, 11) is 0. The molecule has 1 aliphatic heterocycles. The summed E-state index contributed by atoms with van der Waals surface area (Å²) in [6.07, 6.45) is 0. The van der Waals surface area contributed by atoms with Gasteiger partial charge in [0.05, 0.1) is 11.6 Å². The number of halogens is 2. The molecule has 1 atom stereocenters. The van der Waals surface area contributed by atoms with Crippen LogP contribution in [0.25, 0.3) is 0 Å². The zero-order valence-corrected chi connectivity index (χ0v) is 12.2. The van der Waals surface area contributed by atoms with Crippen LogP contribution in [-0.4, -0.2) is 48.4 Å². The van der Waals surface area contributed by atoms with E-state index in [1.165, 1.54) is 6.07 Å². The molecule has 1 fully saturated rings. The highest BCUT2D eigenvalue weighted by Crippen LogP contribution is 2.25. The van der Waals surface area contributed by atoms with Gasteiger partial charge in [-0.1, -0.05) is 17.7 Å². The molecule has 20 heavy (non-hydrogen) atoms. The van der Waals surface area contributed by atoms with Crippen LogP contribution in [0.4, 0.5) is 4.39 Å². The molecular formula is C14H19ClFN3O. The average molecular weight is 300 g/mol. The Bertz CT molecular complexity index is 489. The normalized spacial score (nSPS) is 18.9. The number of piperazine rings is 1. The Hall–Kier alpha value is -1.17. The third-order valence-electron chi connectivity index (χ3n) is 3.76. The second-order valence-electron chi connectivity index (χ2n) is 5.13. The number of hydrogen-bond donors (Lipinski definition) is 1. The van der Waals surface area contributed by atoms with Gasteiger partial charge in [-0.05, 0) is 24.6 Å². The van der Waals surface area contributed by atoms with Crippen LogP contribution in [0.15, 0.2) is 18.2 Å². The number of nitrogens with zero attached hydrogens (tertiary/aromatic N) is 2. The molecule has 1 amide bonds. The van der Waals surface area contributed by atoms with Crippen LogP contribution in [0.5, 0.6) is 0 Å². The minimum atomic E-state index is -0.395. The minimum absolute atomic E-state index is 0.154. The first kappa shape index (κ1) is 15.2. The molecule has 0 radical (unpaired) electrons. The molecule has 2 rings (SSSR count). The molecule has 1 aromatic carbocycles. The summed E-state index contributed by atoms with van der Waals surface area (Å²) in [5.74, 6) is -0.689. The van der Waals surface area contributed by atoms with Crippen LogP contribution in [0.3, 0.4) is 0 Å². The molecule has 0 unspecified atom stereocenters. The fourth-order valence-electron chi connectivity index (χ4n) is 2.51. The standard InChI is InChI=1S/C14H19ClFN3O/c1-10(11-2-3-13(16)12(15)8-11)19-6-4-18(5-7-19)9-14(17)20/h2-3,8,10H,4-7,9H2,1H3,(H2,17,20)/t10-/m0/s1. The van der Waals surface area contributed by atoms with Crippen molar-refractivity contribution in [2.45, 2.75) is 13.0 Å². The second-order valence-corrected chi connectivity index (χ2v) is 5.54. The van der Waals surface area contributed by atoms with E-state index in [0.29, 0.717) is 6.54 Å². The molecule has 2 N–H and O–H groups in total. The Morgan fingerprint density at radius 3 is 2.60 bits per heavy atom. The van der Waals surface area contributed by atoms with Crippen LogP contribution in [-0.2, 0) is 4.79 Å². The number of nitrogens with two attached hydrogens (primary N) is 1. The molecular weight excluding hydrogens is 281 g/mol. The maximum atomic E-state index is 13.2. The van der Waals surface area contributed by atoms with Crippen LogP contribution in [0.1, 0.15) is 18.5 Å². The third kappa shape index (κ3) is 3.69. The molecule has 0 aliphatic carbocycles. The van der Waals surface area contributed by atoms with Gasteiger partial charge in [0.15, 0.2) is 0 Å². The smallest absolute Gasteiger partial charge is 0.231 e. The van der Waals surface area contributed by atoms with Gasteiger partial charge in [0.2, 0.25) is 5.91 Å². The van der Waals surface area contributed by atoms with Crippen LogP contribution < -0.4 is 5.73 Å². The van der Waals surface area contributed by atoms with E-state index in [9.17, 15) is 9.18 Å². The lowest BCUT2D eigenvalue weighted by Gasteiger charge is -2.37. The van der Waals surface area contributed by atoms with Gasteiger partial charge < -0.3 is 5.73 Å². The molecule has 0 spiro atoms. The van der Waals surface area contributed by atoms with E-state index in [-0.39, 0.29) is 17.0 Å². The molecule has 0 saturated carbocycles. The molecule has 1 aromatic rings. The van der Waals surface area contributed by atoms with Crippen LogP contribution in [0.2, 0.25) is 5.02 Å². The summed E-state index contributed by atoms with van der Waals surface area (Å²) >= 11 is 5.82. The van der Waals surface area contributed by atoms with E-state index >= 15 is 0 Å². The predicted octanol–water partition coefficient (Wildman–Crippen LogP) is 1.64. The van der Waals surface area contributed by atoms with Gasteiger partial charge in [-0.15, -0.1) is 0 Å². The van der Waals surface area contributed by atoms with E-state index in [1.54, 1.807) is 12.1 Å². The highest BCUT2D eigenvalue weighted by atomic mass is 35.5. The first-order valence-electron chi connectivity index (χ1n) is 6.67. The van der Waals surface area contributed by atoms with Gasteiger partial charge in [0, 0.05) is 32.2 Å². The summed E-state index contributed by atoms with van der Waals surface area (Å²) < 4.78 is 13.2. The van der Waals surface area contributed by atoms with Crippen molar-refractivity contribution in [2.24, 2.45) is 5.73 Å². The predicted molar refractivity (Wildman–Crippen MR) is 77.0 cm³/mol. The molecule has 0 aromatic heterocycles. The Morgan fingerprint density at radius 1 is 1.40 bits per heavy atom. The van der Waals surface area contributed by atoms with Crippen molar-refractivity contribution in [2.75, 3.05) is 32.7 Å². The number of rotatable bonds is 4. The maximum Gasteiger partial charge on any atom is 0.231 e. The Labute approximate surface area is 123 Å². The molecule has 1 aliphatic rings. The van der Waals surface area contributed by atoms with Crippen molar-refractivity contribution < 1.29 is 9.18 Å². The highest BCUT2D eigenvalue weighted by Gasteiger charge is 2.23. The van der Waals surface area contributed by atoms with Gasteiger partial charge in [-0.3, -0.25) is 14.6 Å². The first-order valence-corrected chi connectivity index (χ1v) is 7.05. The molecule has 1 saturated heterocycles. The Kier molecular flexibility index (Phi) is 4.96. The summed E-state index contributed by atoms with van der Waals surface area (Å²) in [4.78, 5) is 15.2. The number of benzene rings is 1. The lowest BCUT2D eigenvalue weighted by molar-refractivity contribution is -0.119. The third-order valence-corrected chi connectivity index (χ3v) is 4.05. The van der Waals surface area contributed by atoms with Crippen LogP contribution in [0, 0.1) is 5.82 Å². The molecule has 6 heteroatoms. The summed E-state index contributed by atoms with van der Waals surface area (Å²) in [5.41, 5.74) is 6.19. The van der Waals surface area contributed by atoms with Gasteiger partial charge in [-0.25, -0.2) is 4.39 Å². The fraction of sp³-hybridized carbons (Fsp3) is 0.500. The van der Waals surface area contributed by atoms with Crippen molar-refractivity contribution in [1.82, 2.24) is 9.80 Å². The number of carbonyl (C=O) groups excluding carboxylic acids is 1. The summed E-state index contributed by atoms with van der Waals surface area (Å²) in [6.45, 7) is 5.70. The summed E-state index contributed by atoms with van der Waals surface area (Å²) in [6, 6.07) is 5.01. The topological polar surface area (TPSA) is 49.6 Å². The monoisotopic (exact) mass is 299 g/mol. The van der Waals surface area contributed by atoms with E-state index in [2.05, 4.69) is 11.8 Å². The largest absolute Gasteiger partial charge is 0.369 e. The number of hydrogen-bond acceptors (Lipinski definition) is 3. The van der Waals surface area contributed by atoms with E-state index < -0.39 is 5.82 Å². The first-order chi connectivity index (χ1) is 9.47. The van der Waals surface area contributed by atoms with Crippen molar-refractivity contribution in [3.63, 3.8) is 0 Å². The van der Waals surface area contributed by atoms with Gasteiger partial charge in [0.1, 0.15) is 5.82 Å². The fourth-order valence-corrected chi connectivity index (χ4v) is 2.70. The maximum absolute atomic E-state index is 13.2. The second kappa shape index (κ2) is 6.52. The summed E-state index contributed by atoms with van der Waals surface area (Å²) in [5, 5.41) is 0.154. The molecule has 4 nitrogen and oxygen atoms in total. The van der Waals surface area contributed by atoms with Gasteiger partial charge >= 0.3 is 0 Å². The average Bonchev–Trinajstić information content (AvgIpc) is 2.41. The number of amides is 1. The number of primary amides is 1. The van der Waals surface area contributed by atoms with Gasteiger partial charge in [-0.2, -0.15) is 0 Å². The molecule has 110 valence electrons. The minimum Gasteiger partial charge on any atom is -0.369 e. The van der Waals surface area contributed by atoms with Crippen molar-refractivity contribution in [3.05, 3.63) is 34.6 Å². The SMILES string of the molecule is C[C@@H](c1ccc(F)c(Cl)c1)N1CCN(CC(N)=O)CC1. The lowest BCUT2D eigenvalue weighted by atomic mass is 10.1. The molecule has 0 bridgehead atoms. The number of carbonyl (C=O) groups is 1. The van der Waals surface area contributed by atoms with Gasteiger partial charge in [0.25, 0.3) is 0 Å². The van der Waals surface area contributed by atoms with Crippen molar-refractivity contribution in [1.29, 1.82) is 0 Å². The quantitative estimate of drug-likeness (QED) is 0.919. The molecule has 1 heterocycles. The van der Waals surface area contributed by atoms with Crippen LogP contribution >= 0.6 is 11.6 Å². The Balaban J connectivity index is 1.95. The van der Waals surface area contributed by atoms with E-state index in [0.717, 1.165) is 31.7 Å². The van der Waals surface area contributed by atoms with Crippen molar-refractivity contribution >= 4 is 17.5 Å². The zero-order chi connectivity index (χ0) is 14.7. The van der Waals surface area contributed by atoms with Crippen molar-refractivity contribution in [3.8, 4) is 0 Å². The lowest BCUT2D eigenvalue weighted by Crippen LogP contribution is -2.49. The Morgan fingerprint density at radius 2 is 2.05 bits per heavy atom. The van der Waals surface area contributed by atoms with E-state index in [1.807, 2.05) is 4.90 Å².